The number of aryl methyl sites for hydroxylation is 1. The number of methoxy groups -OCH3 is 1. The van der Waals surface area contributed by atoms with Crippen LogP contribution in [0, 0.1) is 6.92 Å². The summed E-state index contributed by atoms with van der Waals surface area (Å²) in [6, 6.07) is 15.2. The van der Waals surface area contributed by atoms with Crippen LogP contribution in [0.3, 0.4) is 0 Å². The molecule has 2 aromatic carbocycles. The first-order valence-corrected chi connectivity index (χ1v) is 12.2. The quantitative estimate of drug-likeness (QED) is 0.486. The van der Waals surface area contributed by atoms with Gasteiger partial charge < -0.3 is 9.47 Å². The Morgan fingerprint density at radius 2 is 1.78 bits per heavy atom. The van der Waals surface area contributed by atoms with E-state index in [0.29, 0.717) is 50.0 Å². The van der Waals surface area contributed by atoms with Gasteiger partial charge in [-0.15, -0.1) is 0 Å². The molecule has 0 unspecified atom stereocenters. The van der Waals surface area contributed by atoms with Crippen molar-refractivity contribution >= 4 is 20.9 Å². The van der Waals surface area contributed by atoms with Crippen molar-refractivity contribution in [2.75, 3.05) is 46.5 Å². The largest absolute Gasteiger partial charge is 0.491 e. The van der Waals surface area contributed by atoms with Crippen LogP contribution in [-0.4, -0.2) is 69.1 Å². The van der Waals surface area contributed by atoms with Crippen LogP contribution in [0.15, 0.2) is 59.6 Å². The molecule has 0 spiro atoms. The summed E-state index contributed by atoms with van der Waals surface area (Å²) in [6.07, 6.45) is 1.81. The monoisotopic (exact) mass is 455 g/mol. The lowest BCUT2D eigenvalue weighted by Crippen LogP contribution is -2.48. The Balaban J connectivity index is 1.40. The predicted molar refractivity (Wildman–Crippen MR) is 124 cm³/mol. The lowest BCUT2D eigenvalue weighted by Gasteiger charge is -2.34. The summed E-state index contributed by atoms with van der Waals surface area (Å²) < 4.78 is 38.6. The van der Waals surface area contributed by atoms with Crippen LogP contribution < -0.4 is 4.74 Å². The van der Waals surface area contributed by atoms with E-state index in [4.69, 9.17) is 9.47 Å². The molecule has 0 N–H and O–H groups in total. The molecule has 1 aliphatic heterocycles. The molecule has 170 valence electrons. The Labute approximate surface area is 189 Å². The number of hydrogen-bond donors (Lipinski definition) is 0. The molecular formula is C24H29N3O4S. The molecule has 8 heteroatoms. The topological polar surface area (TPSA) is 72.0 Å². The molecule has 0 atom stereocenters. The number of aromatic nitrogens is 1. The molecule has 4 rings (SSSR count). The normalized spacial score (nSPS) is 15.8. The number of piperazine rings is 1. The maximum Gasteiger partial charge on any atom is 0.243 e. The molecule has 1 aliphatic rings. The van der Waals surface area contributed by atoms with E-state index in [2.05, 4.69) is 28.1 Å². The summed E-state index contributed by atoms with van der Waals surface area (Å²) in [5, 5.41) is 1.12. The molecule has 0 bridgehead atoms. The molecular weight excluding hydrogens is 426 g/mol. The van der Waals surface area contributed by atoms with Crippen LogP contribution in [0.4, 0.5) is 0 Å². The van der Waals surface area contributed by atoms with Gasteiger partial charge in [0.1, 0.15) is 12.4 Å². The number of fused-ring (bicyclic) bond motifs is 1. The van der Waals surface area contributed by atoms with Crippen molar-refractivity contribution in [1.29, 1.82) is 0 Å². The summed E-state index contributed by atoms with van der Waals surface area (Å²) in [5.41, 5.74) is 2.97. The van der Waals surface area contributed by atoms with Crippen molar-refractivity contribution < 1.29 is 17.9 Å². The van der Waals surface area contributed by atoms with Crippen molar-refractivity contribution in [2.45, 2.75) is 18.4 Å². The van der Waals surface area contributed by atoms with Gasteiger partial charge >= 0.3 is 0 Å². The minimum Gasteiger partial charge on any atom is -0.491 e. The number of pyridine rings is 1. The number of para-hydroxylation sites is 1. The van der Waals surface area contributed by atoms with Crippen molar-refractivity contribution in [3.8, 4) is 5.75 Å². The van der Waals surface area contributed by atoms with Crippen LogP contribution in [-0.2, 0) is 21.3 Å². The number of rotatable bonds is 8. The van der Waals surface area contributed by atoms with Crippen molar-refractivity contribution in [3.63, 3.8) is 0 Å². The zero-order valence-electron chi connectivity index (χ0n) is 18.5. The second kappa shape index (κ2) is 9.95. The molecule has 3 aromatic rings. The van der Waals surface area contributed by atoms with E-state index in [1.165, 1.54) is 5.56 Å². The predicted octanol–water partition coefficient (Wildman–Crippen LogP) is 3.07. The van der Waals surface area contributed by atoms with E-state index in [-0.39, 0.29) is 0 Å². The Morgan fingerprint density at radius 1 is 1.00 bits per heavy atom. The minimum absolute atomic E-state index is 0.306. The van der Waals surface area contributed by atoms with Gasteiger partial charge in [-0.3, -0.25) is 9.88 Å². The van der Waals surface area contributed by atoms with E-state index in [9.17, 15) is 8.42 Å². The summed E-state index contributed by atoms with van der Waals surface area (Å²) in [5.74, 6) is 0.675. The molecule has 2 heterocycles. The number of hydrogen-bond acceptors (Lipinski definition) is 6. The molecule has 0 saturated carbocycles. The van der Waals surface area contributed by atoms with E-state index in [0.717, 1.165) is 23.0 Å². The first kappa shape index (κ1) is 22.7. The zero-order chi connectivity index (χ0) is 22.6. The van der Waals surface area contributed by atoms with Gasteiger partial charge in [0, 0.05) is 51.4 Å². The lowest BCUT2D eigenvalue weighted by atomic mass is 10.1. The Morgan fingerprint density at radius 3 is 2.53 bits per heavy atom. The molecule has 32 heavy (non-hydrogen) atoms. The highest BCUT2D eigenvalue weighted by Crippen LogP contribution is 2.25. The fourth-order valence-electron chi connectivity index (χ4n) is 3.99. The number of benzene rings is 2. The van der Waals surface area contributed by atoms with Crippen molar-refractivity contribution in [3.05, 3.63) is 65.9 Å². The van der Waals surface area contributed by atoms with E-state index >= 15 is 0 Å². The molecule has 0 aliphatic carbocycles. The highest BCUT2D eigenvalue weighted by molar-refractivity contribution is 7.89. The number of sulfonamides is 1. The third-order valence-electron chi connectivity index (χ3n) is 5.77. The van der Waals surface area contributed by atoms with Crippen LogP contribution in [0.1, 0.15) is 11.1 Å². The van der Waals surface area contributed by atoms with Gasteiger partial charge in [-0.2, -0.15) is 4.31 Å². The zero-order valence-corrected chi connectivity index (χ0v) is 19.3. The maximum atomic E-state index is 13.2. The SMILES string of the molecule is COCCOc1ccc(S(=O)(=O)N2CCN(Cc3cccc4cccnc34)CC2)cc1C. The van der Waals surface area contributed by atoms with Crippen molar-refractivity contribution in [2.24, 2.45) is 0 Å². The van der Waals surface area contributed by atoms with Gasteiger partial charge in [-0.25, -0.2) is 8.42 Å². The second-order valence-corrected chi connectivity index (χ2v) is 9.88. The van der Waals surface area contributed by atoms with E-state index in [1.54, 1.807) is 29.6 Å². The fraction of sp³-hybridized carbons (Fsp3) is 0.375. The first-order valence-electron chi connectivity index (χ1n) is 10.8. The van der Waals surface area contributed by atoms with Crippen LogP contribution in [0.25, 0.3) is 10.9 Å². The average molecular weight is 456 g/mol. The molecule has 1 fully saturated rings. The fourth-order valence-corrected chi connectivity index (χ4v) is 5.50. The number of ether oxygens (including phenoxy) is 2. The number of nitrogens with zero attached hydrogens (tertiary/aromatic N) is 3. The van der Waals surface area contributed by atoms with Crippen LogP contribution >= 0.6 is 0 Å². The van der Waals surface area contributed by atoms with Crippen molar-refractivity contribution in [1.82, 2.24) is 14.2 Å². The third kappa shape index (κ3) is 4.94. The third-order valence-corrected chi connectivity index (χ3v) is 7.67. The van der Waals surface area contributed by atoms with E-state index < -0.39 is 10.0 Å². The maximum absolute atomic E-state index is 13.2. The molecule has 0 amide bonds. The summed E-state index contributed by atoms with van der Waals surface area (Å²) in [4.78, 5) is 7.12. The summed E-state index contributed by atoms with van der Waals surface area (Å²) >= 11 is 0. The molecule has 0 radical (unpaired) electrons. The Bertz CT molecular complexity index is 1170. The Hall–Kier alpha value is -2.52. The lowest BCUT2D eigenvalue weighted by molar-refractivity contribution is 0.146. The highest BCUT2D eigenvalue weighted by atomic mass is 32.2. The van der Waals surface area contributed by atoms with Gasteiger partial charge in [0.25, 0.3) is 0 Å². The smallest absolute Gasteiger partial charge is 0.243 e. The second-order valence-electron chi connectivity index (χ2n) is 7.94. The van der Waals surface area contributed by atoms with Gasteiger partial charge in [-0.1, -0.05) is 24.3 Å². The van der Waals surface area contributed by atoms with Crippen LogP contribution in [0.2, 0.25) is 0 Å². The van der Waals surface area contributed by atoms with Gasteiger partial charge in [0.15, 0.2) is 0 Å². The molecule has 1 aromatic heterocycles. The molecule has 1 saturated heterocycles. The van der Waals surface area contributed by atoms with Gasteiger partial charge in [0.2, 0.25) is 10.0 Å². The van der Waals surface area contributed by atoms with E-state index in [1.807, 2.05) is 25.3 Å². The summed E-state index contributed by atoms with van der Waals surface area (Å²) in [7, 11) is -1.93. The van der Waals surface area contributed by atoms with Gasteiger partial charge in [0.05, 0.1) is 17.0 Å². The van der Waals surface area contributed by atoms with Crippen LogP contribution in [0.5, 0.6) is 5.75 Å². The van der Waals surface area contributed by atoms with Gasteiger partial charge in [-0.05, 0) is 42.3 Å². The minimum atomic E-state index is -3.54. The summed E-state index contributed by atoms with van der Waals surface area (Å²) in [6.45, 7) is 5.82. The highest BCUT2D eigenvalue weighted by Gasteiger charge is 2.29. The average Bonchev–Trinajstić information content (AvgIpc) is 2.81. The Kier molecular flexibility index (Phi) is 7.05. The first-order chi connectivity index (χ1) is 15.5. The molecule has 7 nitrogen and oxygen atoms in total. The standard InChI is InChI=1S/C24H29N3O4S/c1-19-17-22(8-9-23(19)31-16-15-30-2)32(28,29)27-13-11-26(12-14-27)18-21-6-3-5-20-7-4-10-25-24(20)21/h3-10,17H,11-16,18H2,1-2H3.